The van der Waals surface area contributed by atoms with E-state index < -0.39 is 10.0 Å². The molecule has 118 valence electrons. The summed E-state index contributed by atoms with van der Waals surface area (Å²) < 4.78 is 27.4. The van der Waals surface area contributed by atoms with E-state index in [9.17, 15) is 8.42 Å². The molecule has 0 heterocycles. The molecule has 0 bridgehead atoms. The van der Waals surface area contributed by atoms with Crippen LogP contribution in [0.1, 0.15) is 17.2 Å². The maximum Gasteiger partial charge on any atom is 0.240 e. The molecule has 1 N–H and O–H groups in total. The summed E-state index contributed by atoms with van der Waals surface area (Å²) in [6.07, 6.45) is 0. The minimum absolute atomic E-state index is 0.0126. The van der Waals surface area contributed by atoms with Crippen LogP contribution < -0.4 is 4.72 Å². The Labute approximate surface area is 132 Å². The highest BCUT2D eigenvalue weighted by Crippen LogP contribution is 2.18. The van der Waals surface area contributed by atoms with Gasteiger partial charge in [0.25, 0.3) is 0 Å². The standard InChI is InChI=1S/C17H22N2O2S/c1-14-9-11-16(12-10-14)22(20,21)18-13-17(19(2)3)15-7-5-4-6-8-15/h4-12,17-18H,13H2,1-3H3/t17-/m0/s1. The van der Waals surface area contributed by atoms with Crippen LogP contribution in [0.4, 0.5) is 0 Å². The molecule has 0 amide bonds. The van der Waals surface area contributed by atoms with Crippen LogP contribution in [0, 0.1) is 6.92 Å². The van der Waals surface area contributed by atoms with Crippen molar-refractivity contribution in [3.05, 3.63) is 65.7 Å². The van der Waals surface area contributed by atoms with Crippen LogP contribution in [0.15, 0.2) is 59.5 Å². The number of hydrogen-bond acceptors (Lipinski definition) is 3. The second-order valence-corrected chi connectivity index (χ2v) is 7.32. The molecule has 0 fully saturated rings. The highest BCUT2D eigenvalue weighted by atomic mass is 32.2. The number of sulfonamides is 1. The predicted molar refractivity (Wildman–Crippen MR) is 89.2 cm³/mol. The van der Waals surface area contributed by atoms with Crippen LogP contribution in [0.2, 0.25) is 0 Å². The van der Waals surface area contributed by atoms with Crippen LogP contribution in [0.25, 0.3) is 0 Å². The quantitative estimate of drug-likeness (QED) is 0.890. The fraction of sp³-hybridized carbons (Fsp3) is 0.294. The van der Waals surface area contributed by atoms with Gasteiger partial charge in [-0.1, -0.05) is 48.0 Å². The first-order valence-electron chi connectivity index (χ1n) is 7.18. The molecule has 0 radical (unpaired) electrons. The van der Waals surface area contributed by atoms with Crippen LogP contribution in [-0.2, 0) is 10.0 Å². The van der Waals surface area contributed by atoms with Crippen molar-refractivity contribution in [2.45, 2.75) is 17.9 Å². The smallest absolute Gasteiger partial charge is 0.240 e. The van der Waals surface area contributed by atoms with Gasteiger partial charge >= 0.3 is 0 Å². The number of nitrogens with one attached hydrogen (secondary N) is 1. The molecule has 4 nitrogen and oxygen atoms in total. The lowest BCUT2D eigenvalue weighted by Gasteiger charge is -2.25. The van der Waals surface area contributed by atoms with Gasteiger partial charge in [0.15, 0.2) is 0 Å². The van der Waals surface area contributed by atoms with Gasteiger partial charge in [-0.2, -0.15) is 0 Å². The van der Waals surface area contributed by atoms with E-state index in [0.29, 0.717) is 11.4 Å². The molecular formula is C17H22N2O2S. The van der Waals surface area contributed by atoms with E-state index in [4.69, 9.17) is 0 Å². The fourth-order valence-electron chi connectivity index (χ4n) is 2.26. The maximum absolute atomic E-state index is 12.4. The molecule has 22 heavy (non-hydrogen) atoms. The lowest BCUT2D eigenvalue weighted by Crippen LogP contribution is -2.34. The molecule has 2 rings (SSSR count). The Kier molecular flexibility index (Phi) is 5.34. The lowest BCUT2D eigenvalue weighted by molar-refractivity contribution is 0.299. The highest BCUT2D eigenvalue weighted by molar-refractivity contribution is 7.89. The lowest BCUT2D eigenvalue weighted by atomic mass is 10.1. The molecule has 0 aliphatic heterocycles. The molecule has 0 aliphatic carbocycles. The van der Waals surface area contributed by atoms with Crippen LogP contribution >= 0.6 is 0 Å². The molecule has 0 spiro atoms. The number of nitrogens with zero attached hydrogens (tertiary/aromatic N) is 1. The normalized spacial score (nSPS) is 13.3. The van der Waals surface area contributed by atoms with E-state index in [1.807, 2.05) is 56.3 Å². The predicted octanol–water partition coefficient (Wildman–Crippen LogP) is 2.58. The van der Waals surface area contributed by atoms with Gasteiger partial charge in [-0.05, 0) is 38.7 Å². The second kappa shape index (κ2) is 7.05. The van der Waals surface area contributed by atoms with Gasteiger partial charge in [-0.3, -0.25) is 0 Å². The maximum atomic E-state index is 12.4. The monoisotopic (exact) mass is 318 g/mol. The topological polar surface area (TPSA) is 49.4 Å². The summed E-state index contributed by atoms with van der Waals surface area (Å²) in [5.41, 5.74) is 2.12. The highest BCUT2D eigenvalue weighted by Gasteiger charge is 2.19. The molecule has 0 aromatic heterocycles. The Bertz CT molecular complexity index is 695. The summed E-state index contributed by atoms with van der Waals surface area (Å²) in [4.78, 5) is 2.30. The average molecular weight is 318 g/mol. The van der Waals surface area contributed by atoms with Crippen molar-refractivity contribution in [1.82, 2.24) is 9.62 Å². The van der Waals surface area contributed by atoms with Crippen molar-refractivity contribution < 1.29 is 8.42 Å². The van der Waals surface area contributed by atoms with E-state index in [0.717, 1.165) is 11.1 Å². The SMILES string of the molecule is Cc1ccc(S(=O)(=O)NC[C@@H](c2ccccc2)N(C)C)cc1. The Morgan fingerprint density at radius 3 is 2.14 bits per heavy atom. The molecule has 0 saturated heterocycles. The summed E-state index contributed by atoms with van der Waals surface area (Å²) in [6, 6.07) is 16.7. The van der Waals surface area contributed by atoms with E-state index in [2.05, 4.69) is 4.72 Å². The summed E-state index contributed by atoms with van der Waals surface area (Å²) in [7, 11) is 0.394. The van der Waals surface area contributed by atoms with Gasteiger partial charge < -0.3 is 4.90 Å². The molecule has 1 atom stereocenters. The number of hydrogen-bond donors (Lipinski definition) is 1. The first-order valence-corrected chi connectivity index (χ1v) is 8.66. The molecule has 0 aliphatic rings. The Balaban J connectivity index is 2.14. The third-order valence-electron chi connectivity index (χ3n) is 3.61. The molecular weight excluding hydrogens is 296 g/mol. The Hall–Kier alpha value is -1.69. The van der Waals surface area contributed by atoms with Crippen LogP contribution in [0.3, 0.4) is 0 Å². The largest absolute Gasteiger partial charge is 0.301 e. The van der Waals surface area contributed by atoms with Gasteiger partial charge in [0, 0.05) is 12.6 Å². The van der Waals surface area contributed by atoms with Crippen molar-refractivity contribution >= 4 is 10.0 Å². The first kappa shape index (κ1) is 16.7. The zero-order chi connectivity index (χ0) is 16.2. The van der Waals surface area contributed by atoms with E-state index in [1.165, 1.54) is 0 Å². The van der Waals surface area contributed by atoms with Crippen molar-refractivity contribution in [1.29, 1.82) is 0 Å². The van der Waals surface area contributed by atoms with E-state index >= 15 is 0 Å². The summed E-state index contributed by atoms with van der Waals surface area (Å²) in [5, 5.41) is 0. The first-order chi connectivity index (χ1) is 10.4. The summed E-state index contributed by atoms with van der Waals surface area (Å²) in [5.74, 6) is 0. The number of aryl methyl sites for hydroxylation is 1. The third kappa shape index (κ3) is 4.16. The van der Waals surface area contributed by atoms with Crippen molar-refractivity contribution in [3.8, 4) is 0 Å². The molecule has 2 aromatic carbocycles. The van der Waals surface area contributed by atoms with E-state index in [-0.39, 0.29) is 6.04 Å². The molecule has 0 saturated carbocycles. The van der Waals surface area contributed by atoms with Crippen LogP contribution in [-0.4, -0.2) is 34.0 Å². The Morgan fingerprint density at radius 1 is 1.00 bits per heavy atom. The fourth-order valence-corrected chi connectivity index (χ4v) is 3.30. The van der Waals surface area contributed by atoms with Crippen molar-refractivity contribution in [3.63, 3.8) is 0 Å². The molecule has 0 unspecified atom stereocenters. The second-order valence-electron chi connectivity index (χ2n) is 5.56. The van der Waals surface area contributed by atoms with Crippen LogP contribution in [0.5, 0.6) is 0 Å². The number of likely N-dealkylation sites (N-methyl/N-ethyl adjacent to an activating group) is 1. The summed E-state index contributed by atoms with van der Waals surface area (Å²) >= 11 is 0. The zero-order valence-electron chi connectivity index (χ0n) is 13.2. The Morgan fingerprint density at radius 2 is 1.59 bits per heavy atom. The zero-order valence-corrected chi connectivity index (χ0v) is 14.0. The minimum Gasteiger partial charge on any atom is -0.301 e. The number of benzene rings is 2. The summed E-state index contributed by atoms with van der Waals surface area (Å²) in [6.45, 7) is 2.26. The van der Waals surface area contributed by atoms with Gasteiger partial charge in [0.1, 0.15) is 0 Å². The van der Waals surface area contributed by atoms with Gasteiger partial charge in [0.05, 0.1) is 4.90 Å². The average Bonchev–Trinajstić information content (AvgIpc) is 2.48. The van der Waals surface area contributed by atoms with Gasteiger partial charge in [-0.25, -0.2) is 13.1 Å². The van der Waals surface area contributed by atoms with Gasteiger partial charge in [0.2, 0.25) is 10.0 Å². The number of rotatable bonds is 6. The van der Waals surface area contributed by atoms with Gasteiger partial charge in [-0.15, -0.1) is 0 Å². The molecule has 5 heteroatoms. The minimum atomic E-state index is -3.49. The third-order valence-corrected chi connectivity index (χ3v) is 5.05. The van der Waals surface area contributed by atoms with E-state index in [1.54, 1.807) is 24.3 Å². The van der Waals surface area contributed by atoms with Crippen molar-refractivity contribution in [2.24, 2.45) is 0 Å². The van der Waals surface area contributed by atoms with Crippen molar-refractivity contribution in [2.75, 3.05) is 20.6 Å². The molecule has 2 aromatic rings.